The first kappa shape index (κ1) is 36.2. The predicted octanol–water partition coefficient (Wildman–Crippen LogP) is 1.61. The molecular weight excluding hydrogens is 586 g/mol. The van der Waals surface area contributed by atoms with Gasteiger partial charge in [0.15, 0.2) is 0 Å². The maximum atomic E-state index is 9.67. The number of carbonyl (C=O) groups excluding carboxylic acids is 3. The third-order valence-electron chi connectivity index (χ3n) is 1.23. The maximum absolute atomic E-state index is 9.67. The molecule has 0 aromatic carbocycles. The molecule has 0 saturated carbocycles. The SMILES string of the molecule is O=C([O-])/C=C/C(Cl)(Cl)Cl.O=C([O-])/C=C/C(Cl)(Cl)Cl.O=C([O-])/C=C/C(Cl)(Cl)Cl.[Al+3]. The molecule has 156 valence electrons. The minimum Gasteiger partial charge on any atom is -0.545 e. The fourth-order valence-electron chi connectivity index (χ4n) is 0.488. The Bertz CT molecular complexity index is 493. The van der Waals surface area contributed by atoms with Crippen LogP contribution in [0.2, 0.25) is 0 Å². The summed E-state index contributed by atoms with van der Waals surface area (Å²) in [6.45, 7) is 0. The van der Waals surface area contributed by atoms with Gasteiger partial charge in [0.1, 0.15) is 0 Å². The molecule has 0 aliphatic rings. The zero-order valence-corrected chi connectivity index (χ0v) is 20.9. The second-order valence-corrected chi connectivity index (χ2v) is 10.7. The first-order chi connectivity index (χ1) is 11.7. The van der Waals surface area contributed by atoms with Crippen LogP contribution in [0.1, 0.15) is 0 Å². The van der Waals surface area contributed by atoms with Crippen LogP contribution >= 0.6 is 104 Å². The molecule has 0 saturated heterocycles. The van der Waals surface area contributed by atoms with Crippen molar-refractivity contribution >= 4 is 140 Å². The normalized spacial score (nSPS) is 11.9. The quantitative estimate of drug-likeness (QED) is 0.279. The number of hydrogen-bond acceptors (Lipinski definition) is 6. The average Bonchev–Trinajstić information content (AvgIpc) is 2.40. The first-order valence-corrected chi connectivity index (χ1v) is 9.06. The maximum Gasteiger partial charge on any atom is 3.00 e. The zero-order valence-electron chi connectivity index (χ0n) is 12.9. The Labute approximate surface area is 215 Å². The number of carbonyl (C=O) groups is 3. The van der Waals surface area contributed by atoms with Crippen LogP contribution in [0.15, 0.2) is 36.5 Å². The van der Waals surface area contributed by atoms with Crippen LogP contribution in [0.25, 0.3) is 0 Å². The Morgan fingerprint density at radius 3 is 0.679 bits per heavy atom. The second kappa shape index (κ2) is 17.5. The van der Waals surface area contributed by atoms with Crippen molar-refractivity contribution in [1.29, 1.82) is 0 Å². The van der Waals surface area contributed by atoms with Gasteiger partial charge in [0.25, 0.3) is 0 Å². The molecule has 0 spiro atoms. The number of rotatable bonds is 3. The number of alkyl halides is 9. The Morgan fingerprint density at radius 2 is 0.643 bits per heavy atom. The molecule has 28 heavy (non-hydrogen) atoms. The van der Waals surface area contributed by atoms with Crippen LogP contribution in [-0.2, 0) is 14.4 Å². The summed E-state index contributed by atoms with van der Waals surface area (Å²) in [5, 5.41) is 29.0. The van der Waals surface area contributed by atoms with Crippen molar-refractivity contribution < 1.29 is 29.7 Å². The van der Waals surface area contributed by atoms with Crippen molar-refractivity contribution in [2.75, 3.05) is 0 Å². The third-order valence-corrected chi connectivity index (χ3v) is 2.36. The smallest absolute Gasteiger partial charge is 0.545 e. The van der Waals surface area contributed by atoms with E-state index in [1.165, 1.54) is 0 Å². The van der Waals surface area contributed by atoms with E-state index in [2.05, 4.69) is 0 Å². The van der Waals surface area contributed by atoms with E-state index in [4.69, 9.17) is 104 Å². The summed E-state index contributed by atoms with van der Waals surface area (Å²) in [7, 11) is 0. The molecule has 0 aliphatic carbocycles. The standard InChI is InChI=1S/3C4H3Cl3O2.Al/c3*5-4(6,7)2-1-3(8)9;/h3*1-2H,(H,8,9);/q;;;+3/p-3/b3*2-1+;. The molecule has 0 unspecified atom stereocenters. The summed E-state index contributed by atoms with van der Waals surface area (Å²) < 4.78 is -4.96. The molecule has 0 atom stereocenters. The minimum absolute atomic E-state index is 0. The van der Waals surface area contributed by atoms with Crippen molar-refractivity contribution in [1.82, 2.24) is 0 Å². The fourth-order valence-corrected chi connectivity index (χ4v) is 1.05. The van der Waals surface area contributed by atoms with Crippen LogP contribution in [-0.4, -0.2) is 46.6 Å². The molecule has 0 amide bonds. The first-order valence-electron chi connectivity index (χ1n) is 5.66. The summed E-state index contributed by atoms with van der Waals surface area (Å²) in [6.07, 6.45) is 4.67. The van der Waals surface area contributed by atoms with Gasteiger partial charge >= 0.3 is 17.4 Å². The predicted molar refractivity (Wildman–Crippen MR) is 109 cm³/mol. The van der Waals surface area contributed by atoms with Gasteiger partial charge in [-0.25, -0.2) is 0 Å². The Balaban J connectivity index is -0.000000152. The molecule has 6 nitrogen and oxygen atoms in total. The van der Waals surface area contributed by atoms with Crippen molar-refractivity contribution in [3.63, 3.8) is 0 Å². The Morgan fingerprint density at radius 1 is 0.500 bits per heavy atom. The van der Waals surface area contributed by atoms with Gasteiger partial charge in [-0.2, -0.15) is 0 Å². The zero-order chi connectivity index (χ0) is 22.5. The number of hydrogen-bond donors (Lipinski definition) is 0. The molecule has 0 fully saturated rings. The van der Waals surface area contributed by atoms with Gasteiger partial charge in [0.2, 0.25) is 11.4 Å². The molecule has 16 heteroatoms. The largest absolute Gasteiger partial charge is 3.00 e. The number of carboxylic acids is 3. The van der Waals surface area contributed by atoms with E-state index in [0.29, 0.717) is 18.2 Å². The summed E-state index contributed by atoms with van der Waals surface area (Å²) in [5.41, 5.74) is 0. The van der Waals surface area contributed by atoms with Gasteiger partial charge in [0, 0.05) is 0 Å². The second-order valence-electron chi connectivity index (χ2n) is 3.58. The molecule has 0 bridgehead atoms. The molecule has 0 aromatic heterocycles. The molecule has 0 rings (SSSR count). The van der Waals surface area contributed by atoms with E-state index in [1.54, 1.807) is 0 Å². The summed E-state index contributed by atoms with van der Waals surface area (Å²) in [4.78, 5) is 29.0. The van der Waals surface area contributed by atoms with Gasteiger partial charge < -0.3 is 29.7 Å². The number of allylic oxidation sites excluding steroid dienone is 3. The molecule has 0 heterocycles. The van der Waals surface area contributed by atoms with E-state index >= 15 is 0 Å². The summed E-state index contributed by atoms with van der Waals surface area (Å²) in [5.74, 6) is -4.16. The molecular formula is C12H6AlCl9O6. The fraction of sp³-hybridized carbons (Fsp3) is 0.250. The van der Waals surface area contributed by atoms with Crippen LogP contribution in [0.5, 0.6) is 0 Å². The third kappa shape index (κ3) is 50.5. The Hall–Kier alpha value is 0.772. The number of halogens is 9. The monoisotopic (exact) mass is 588 g/mol. The molecule has 0 aromatic rings. The number of carboxylic acid groups (broad SMARTS) is 3. The Kier molecular flexibility index (Phi) is 22.5. The van der Waals surface area contributed by atoms with E-state index in [-0.39, 0.29) is 17.4 Å². The van der Waals surface area contributed by atoms with Crippen molar-refractivity contribution in [3.8, 4) is 0 Å². The van der Waals surface area contributed by atoms with Crippen molar-refractivity contribution in [2.45, 2.75) is 11.4 Å². The van der Waals surface area contributed by atoms with Gasteiger partial charge in [0.05, 0.1) is 17.9 Å². The van der Waals surface area contributed by atoms with E-state index in [1.807, 2.05) is 0 Å². The van der Waals surface area contributed by atoms with E-state index < -0.39 is 29.3 Å². The molecule has 0 aliphatic heterocycles. The topological polar surface area (TPSA) is 120 Å². The van der Waals surface area contributed by atoms with Crippen molar-refractivity contribution in [3.05, 3.63) is 36.5 Å². The molecule has 0 radical (unpaired) electrons. The van der Waals surface area contributed by atoms with Crippen LogP contribution in [0.4, 0.5) is 0 Å². The van der Waals surface area contributed by atoms with Crippen LogP contribution in [0.3, 0.4) is 0 Å². The van der Waals surface area contributed by atoms with Crippen LogP contribution in [0, 0.1) is 0 Å². The minimum atomic E-state index is -1.65. The summed E-state index contributed by atoms with van der Waals surface area (Å²) >= 11 is 46.2. The summed E-state index contributed by atoms with van der Waals surface area (Å²) in [6, 6.07) is 0. The van der Waals surface area contributed by atoms with Gasteiger partial charge in [-0.3, -0.25) is 0 Å². The van der Waals surface area contributed by atoms with E-state index in [9.17, 15) is 29.7 Å². The van der Waals surface area contributed by atoms with Gasteiger partial charge in [-0.15, -0.1) is 0 Å². The van der Waals surface area contributed by atoms with Crippen LogP contribution < -0.4 is 15.3 Å². The van der Waals surface area contributed by atoms with E-state index in [0.717, 1.165) is 18.2 Å². The van der Waals surface area contributed by atoms with Crippen molar-refractivity contribution in [2.24, 2.45) is 0 Å². The van der Waals surface area contributed by atoms with Gasteiger partial charge in [-0.05, 0) is 36.5 Å². The molecule has 0 N–H and O–H groups in total. The average molecular weight is 592 g/mol. The number of aliphatic carboxylic acids is 3. The van der Waals surface area contributed by atoms with Gasteiger partial charge in [-0.1, -0.05) is 104 Å².